The molecule has 18 heavy (non-hydrogen) atoms. The van der Waals surface area contributed by atoms with Gasteiger partial charge in [-0.05, 0) is 19.1 Å². The highest BCUT2D eigenvalue weighted by Crippen LogP contribution is 2.25. The van der Waals surface area contributed by atoms with E-state index in [1.165, 1.54) is 6.07 Å². The largest absolute Gasteiger partial charge is 0.490 e. The number of ether oxygens (including phenoxy) is 1. The SMILES string of the molecule is CCOc1cc2nc3ccccc3oc-2cc1=O. The van der Waals surface area contributed by atoms with Crippen LogP contribution in [0.15, 0.2) is 45.6 Å². The van der Waals surface area contributed by atoms with Crippen molar-refractivity contribution in [3.63, 3.8) is 0 Å². The Balaban J connectivity index is 2.31. The first-order valence-corrected chi connectivity index (χ1v) is 5.74. The summed E-state index contributed by atoms with van der Waals surface area (Å²) in [5, 5.41) is 0. The average Bonchev–Trinajstić information content (AvgIpc) is 2.38. The van der Waals surface area contributed by atoms with Gasteiger partial charge in [-0.25, -0.2) is 4.98 Å². The van der Waals surface area contributed by atoms with Crippen LogP contribution in [0.5, 0.6) is 5.75 Å². The zero-order chi connectivity index (χ0) is 12.5. The molecule has 3 rings (SSSR count). The summed E-state index contributed by atoms with van der Waals surface area (Å²) < 4.78 is 10.9. The van der Waals surface area contributed by atoms with E-state index in [0.29, 0.717) is 29.4 Å². The monoisotopic (exact) mass is 241 g/mol. The van der Waals surface area contributed by atoms with Crippen molar-refractivity contribution in [3.8, 4) is 17.2 Å². The topological polar surface area (TPSA) is 52.3 Å². The smallest absolute Gasteiger partial charge is 0.224 e. The molecule has 0 fully saturated rings. The highest BCUT2D eigenvalue weighted by Gasteiger charge is 2.13. The number of rotatable bonds is 2. The summed E-state index contributed by atoms with van der Waals surface area (Å²) in [6, 6.07) is 10.5. The van der Waals surface area contributed by atoms with Gasteiger partial charge in [-0.2, -0.15) is 0 Å². The molecule has 0 N–H and O–H groups in total. The van der Waals surface area contributed by atoms with Crippen molar-refractivity contribution in [2.45, 2.75) is 6.92 Å². The molecule has 0 aromatic heterocycles. The van der Waals surface area contributed by atoms with Crippen LogP contribution in [0, 0.1) is 0 Å². The van der Waals surface area contributed by atoms with E-state index in [0.717, 1.165) is 5.52 Å². The Labute approximate surface area is 103 Å². The fourth-order valence-electron chi connectivity index (χ4n) is 1.85. The van der Waals surface area contributed by atoms with E-state index in [1.54, 1.807) is 6.07 Å². The van der Waals surface area contributed by atoms with Crippen LogP contribution in [0.2, 0.25) is 0 Å². The first kappa shape index (κ1) is 10.8. The van der Waals surface area contributed by atoms with E-state index in [-0.39, 0.29) is 5.43 Å². The summed E-state index contributed by atoms with van der Waals surface area (Å²) in [4.78, 5) is 16.2. The fourth-order valence-corrected chi connectivity index (χ4v) is 1.85. The fraction of sp³-hybridized carbons (Fsp3) is 0.143. The van der Waals surface area contributed by atoms with E-state index in [2.05, 4.69) is 4.98 Å². The van der Waals surface area contributed by atoms with Crippen molar-refractivity contribution in [1.82, 2.24) is 4.98 Å². The minimum atomic E-state index is -0.190. The summed E-state index contributed by atoms with van der Waals surface area (Å²) in [6.07, 6.45) is 0. The Kier molecular flexibility index (Phi) is 2.48. The van der Waals surface area contributed by atoms with Gasteiger partial charge in [0.05, 0.1) is 6.61 Å². The van der Waals surface area contributed by atoms with Crippen molar-refractivity contribution in [3.05, 3.63) is 46.6 Å². The molecule has 1 heterocycles. The molecular formula is C14H11NO3. The average molecular weight is 241 g/mol. The van der Waals surface area contributed by atoms with Gasteiger partial charge in [-0.1, -0.05) is 12.1 Å². The number of hydrogen-bond donors (Lipinski definition) is 0. The maximum Gasteiger partial charge on any atom is 0.224 e. The lowest BCUT2D eigenvalue weighted by Crippen LogP contribution is -2.08. The predicted octanol–water partition coefficient (Wildman–Crippen LogP) is 2.69. The highest BCUT2D eigenvalue weighted by atomic mass is 16.5. The van der Waals surface area contributed by atoms with E-state index in [1.807, 2.05) is 31.2 Å². The van der Waals surface area contributed by atoms with Gasteiger partial charge in [-0.3, -0.25) is 4.79 Å². The number of para-hydroxylation sites is 2. The molecule has 0 saturated carbocycles. The molecule has 1 aromatic carbocycles. The van der Waals surface area contributed by atoms with Crippen molar-refractivity contribution in [1.29, 1.82) is 0 Å². The quantitative estimate of drug-likeness (QED) is 0.647. The summed E-state index contributed by atoms with van der Waals surface area (Å²) in [6.45, 7) is 2.29. The molecule has 0 bridgehead atoms. The van der Waals surface area contributed by atoms with Crippen LogP contribution in [-0.2, 0) is 0 Å². The Morgan fingerprint density at radius 2 is 2.11 bits per heavy atom. The summed E-state index contributed by atoms with van der Waals surface area (Å²) >= 11 is 0. The van der Waals surface area contributed by atoms with Crippen LogP contribution in [0.4, 0.5) is 0 Å². The normalized spacial score (nSPS) is 10.9. The number of benzene rings is 2. The number of fused-ring (bicyclic) bond motifs is 2. The minimum Gasteiger partial charge on any atom is -0.490 e. The lowest BCUT2D eigenvalue weighted by atomic mass is 10.2. The summed E-state index contributed by atoms with van der Waals surface area (Å²) in [5.41, 5.74) is 1.85. The lowest BCUT2D eigenvalue weighted by Gasteiger charge is -2.08. The van der Waals surface area contributed by atoms with Crippen LogP contribution in [0.1, 0.15) is 6.92 Å². The van der Waals surface area contributed by atoms with Gasteiger partial charge >= 0.3 is 0 Å². The number of nitrogens with zero attached hydrogens (tertiary/aromatic N) is 1. The van der Waals surface area contributed by atoms with Crippen LogP contribution in [0.3, 0.4) is 0 Å². The molecule has 90 valence electrons. The maximum atomic E-state index is 11.7. The second-order valence-corrected chi connectivity index (χ2v) is 3.88. The first-order chi connectivity index (χ1) is 8.78. The third-order valence-corrected chi connectivity index (χ3v) is 2.65. The molecule has 0 radical (unpaired) electrons. The van der Waals surface area contributed by atoms with Gasteiger partial charge < -0.3 is 9.15 Å². The second-order valence-electron chi connectivity index (χ2n) is 3.88. The Morgan fingerprint density at radius 3 is 2.94 bits per heavy atom. The minimum absolute atomic E-state index is 0.190. The van der Waals surface area contributed by atoms with E-state index < -0.39 is 0 Å². The highest BCUT2D eigenvalue weighted by molar-refractivity contribution is 5.76. The van der Waals surface area contributed by atoms with Crippen molar-refractivity contribution < 1.29 is 9.15 Å². The van der Waals surface area contributed by atoms with Gasteiger partial charge in [0.25, 0.3) is 0 Å². The van der Waals surface area contributed by atoms with Crippen molar-refractivity contribution >= 4 is 11.1 Å². The van der Waals surface area contributed by atoms with E-state index in [4.69, 9.17) is 9.15 Å². The lowest BCUT2D eigenvalue weighted by molar-refractivity contribution is 0.337. The van der Waals surface area contributed by atoms with Crippen molar-refractivity contribution in [2.75, 3.05) is 6.61 Å². The molecule has 1 aliphatic heterocycles. The molecule has 2 aliphatic rings. The van der Waals surface area contributed by atoms with Gasteiger partial charge in [0.15, 0.2) is 17.1 Å². The van der Waals surface area contributed by atoms with Crippen molar-refractivity contribution in [2.24, 2.45) is 0 Å². The van der Waals surface area contributed by atoms with Crippen LogP contribution >= 0.6 is 0 Å². The standard InChI is InChI=1S/C14H11NO3/c1-2-17-14-7-10-13(8-11(14)16)18-12-6-4-3-5-9(12)15-10/h3-8H,2H2,1H3. The molecule has 0 spiro atoms. The molecule has 1 aliphatic carbocycles. The zero-order valence-corrected chi connectivity index (χ0v) is 9.84. The second kappa shape index (κ2) is 4.14. The zero-order valence-electron chi connectivity index (χ0n) is 9.84. The van der Waals surface area contributed by atoms with Crippen LogP contribution in [0.25, 0.3) is 22.6 Å². The van der Waals surface area contributed by atoms with E-state index >= 15 is 0 Å². The summed E-state index contributed by atoms with van der Waals surface area (Å²) in [7, 11) is 0. The molecule has 4 nitrogen and oxygen atoms in total. The molecule has 4 heteroatoms. The summed E-state index contributed by atoms with van der Waals surface area (Å²) in [5.74, 6) is 0.783. The first-order valence-electron chi connectivity index (χ1n) is 5.74. The molecule has 0 amide bonds. The molecule has 0 unspecified atom stereocenters. The van der Waals surface area contributed by atoms with Gasteiger partial charge in [0.1, 0.15) is 11.2 Å². The van der Waals surface area contributed by atoms with E-state index in [9.17, 15) is 4.79 Å². The third kappa shape index (κ3) is 1.72. The molecular weight excluding hydrogens is 230 g/mol. The molecule has 0 atom stereocenters. The molecule has 1 aromatic rings. The van der Waals surface area contributed by atoms with Crippen LogP contribution in [-0.4, -0.2) is 11.6 Å². The van der Waals surface area contributed by atoms with Gasteiger partial charge in [0, 0.05) is 12.1 Å². The van der Waals surface area contributed by atoms with Gasteiger partial charge in [-0.15, -0.1) is 0 Å². The maximum absolute atomic E-state index is 11.7. The Hall–Kier alpha value is -2.36. The third-order valence-electron chi connectivity index (χ3n) is 2.65. The Morgan fingerprint density at radius 1 is 1.28 bits per heavy atom. The van der Waals surface area contributed by atoms with Gasteiger partial charge in [0.2, 0.25) is 5.43 Å². The molecule has 0 saturated heterocycles. The van der Waals surface area contributed by atoms with Crippen LogP contribution < -0.4 is 10.2 Å². The Bertz CT molecular complexity index is 733. The number of hydrogen-bond acceptors (Lipinski definition) is 4. The number of aromatic nitrogens is 1. The predicted molar refractivity (Wildman–Crippen MR) is 68.1 cm³/mol.